The van der Waals surface area contributed by atoms with Crippen LogP contribution in [0.4, 0.5) is 11.6 Å². The van der Waals surface area contributed by atoms with Crippen LogP contribution in [0.1, 0.15) is 12.5 Å². The van der Waals surface area contributed by atoms with Crippen LogP contribution in [-0.4, -0.2) is 44.4 Å². The Hall–Kier alpha value is -2.35. The summed E-state index contributed by atoms with van der Waals surface area (Å²) in [7, 11) is 0. The van der Waals surface area contributed by atoms with E-state index in [-0.39, 0.29) is 17.4 Å². The second kappa shape index (κ2) is 6.34. The summed E-state index contributed by atoms with van der Waals surface area (Å²) in [5.41, 5.74) is 6.40. The first-order valence-corrected chi connectivity index (χ1v) is 10.3. The molecule has 2 aliphatic rings. The molecule has 5 rings (SSSR count). The molecule has 0 saturated heterocycles. The molecule has 2 heterocycles. The molecule has 28 heavy (non-hydrogen) atoms. The van der Waals surface area contributed by atoms with Crippen molar-refractivity contribution in [2.75, 3.05) is 11.5 Å². The molecule has 144 valence electrons. The highest BCUT2D eigenvalue weighted by Gasteiger charge is 2.71. The third-order valence-corrected chi connectivity index (χ3v) is 7.55. The van der Waals surface area contributed by atoms with E-state index in [1.165, 1.54) is 0 Å². The van der Waals surface area contributed by atoms with Crippen molar-refractivity contribution in [1.29, 1.82) is 0 Å². The summed E-state index contributed by atoms with van der Waals surface area (Å²) in [6.07, 6.45) is 1.26. The molecule has 0 bridgehead atoms. The molecule has 0 spiro atoms. The van der Waals surface area contributed by atoms with Crippen LogP contribution >= 0.6 is 11.8 Å². The highest BCUT2D eigenvalue weighted by Crippen LogP contribution is 2.69. The van der Waals surface area contributed by atoms with Crippen LogP contribution in [0, 0.1) is 11.3 Å². The summed E-state index contributed by atoms with van der Waals surface area (Å²) in [5.74, 6) is 2.21. The Labute approximate surface area is 167 Å². The van der Waals surface area contributed by atoms with Crippen molar-refractivity contribution in [3.8, 4) is 0 Å². The van der Waals surface area contributed by atoms with Gasteiger partial charge in [-0.3, -0.25) is 0 Å². The van der Waals surface area contributed by atoms with E-state index in [1.807, 2.05) is 41.1 Å². The molecule has 3 aromatic rings. The number of pyridine rings is 1. The maximum atomic E-state index is 10.8. The van der Waals surface area contributed by atoms with Gasteiger partial charge in [-0.05, 0) is 55.5 Å². The standard InChI is InChI=1S/C21H22N4O2S/c1-23-17-3-2-8-25(17)18-14-10-21(14,20(27)19(18)26)11-28-13-6-4-12-5-7-16(22)24-15(12)9-13/h2-9,14,18-20,26-27H,1,10-11H2,(H2,22,24)/t14-,18-,19+,20+,21?/m1/s1. The van der Waals surface area contributed by atoms with Crippen molar-refractivity contribution in [3.63, 3.8) is 0 Å². The highest BCUT2D eigenvalue weighted by atomic mass is 32.2. The Kier molecular flexibility index (Phi) is 4.01. The van der Waals surface area contributed by atoms with Crippen molar-refractivity contribution in [3.05, 3.63) is 48.7 Å². The molecule has 7 heteroatoms. The lowest BCUT2D eigenvalue weighted by Crippen LogP contribution is -2.35. The van der Waals surface area contributed by atoms with E-state index in [0.717, 1.165) is 33.8 Å². The summed E-state index contributed by atoms with van der Waals surface area (Å²) in [6.45, 7) is 3.61. The molecule has 6 nitrogen and oxygen atoms in total. The van der Waals surface area contributed by atoms with Gasteiger partial charge in [-0.15, -0.1) is 11.8 Å². The average Bonchev–Trinajstić information content (AvgIpc) is 3.14. The molecule has 4 N–H and O–H groups in total. The number of nitrogens with two attached hydrogens (primary N) is 1. The van der Waals surface area contributed by atoms with Gasteiger partial charge in [0.1, 0.15) is 17.7 Å². The average molecular weight is 395 g/mol. The zero-order chi connectivity index (χ0) is 19.5. The number of fused-ring (bicyclic) bond motifs is 2. The molecule has 0 radical (unpaired) electrons. The van der Waals surface area contributed by atoms with Crippen molar-refractivity contribution in [2.24, 2.45) is 16.3 Å². The monoisotopic (exact) mass is 394 g/mol. The number of aliphatic hydroxyl groups excluding tert-OH is 2. The highest BCUT2D eigenvalue weighted by molar-refractivity contribution is 7.99. The van der Waals surface area contributed by atoms with Gasteiger partial charge in [-0.25, -0.2) is 9.98 Å². The Morgan fingerprint density at radius 3 is 2.93 bits per heavy atom. The number of benzene rings is 1. The minimum absolute atomic E-state index is 0.163. The first-order valence-electron chi connectivity index (χ1n) is 9.32. The second-order valence-corrected chi connectivity index (χ2v) is 8.83. The van der Waals surface area contributed by atoms with E-state index >= 15 is 0 Å². The Morgan fingerprint density at radius 2 is 2.11 bits per heavy atom. The number of hydrogen-bond acceptors (Lipinski definition) is 6. The number of nitrogen functional groups attached to an aromatic ring is 1. The van der Waals surface area contributed by atoms with Crippen molar-refractivity contribution in [2.45, 2.75) is 29.6 Å². The predicted molar refractivity (Wildman–Crippen MR) is 112 cm³/mol. The molecular formula is C21H22N4O2S. The number of thioether (sulfide) groups is 1. The summed E-state index contributed by atoms with van der Waals surface area (Å²) >= 11 is 1.70. The molecule has 0 amide bonds. The van der Waals surface area contributed by atoms with Gasteiger partial charge in [-0.1, -0.05) is 6.07 Å². The normalized spacial score (nSPS) is 31.1. The Balaban J connectivity index is 1.37. The number of aliphatic hydroxyl groups is 2. The van der Waals surface area contributed by atoms with Crippen LogP contribution in [-0.2, 0) is 0 Å². The number of aromatic nitrogens is 2. The SMILES string of the molecule is C=Nc1cccn1[C@H]1[C@H](O)[C@H](O)C2(CSc3ccc4ccc(N)nc4c3)C[C@H]12. The number of anilines is 1. The fraction of sp³-hybridized carbons (Fsp3) is 0.333. The summed E-state index contributed by atoms with van der Waals surface area (Å²) in [5, 5.41) is 22.6. The second-order valence-electron chi connectivity index (χ2n) is 7.78. The minimum Gasteiger partial charge on any atom is -0.390 e. The number of rotatable bonds is 5. The van der Waals surface area contributed by atoms with Gasteiger partial charge in [0, 0.05) is 27.6 Å². The minimum atomic E-state index is -0.801. The molecule has 2 aliphatic carbocycles. The first-order chi connectivity index (χ1) is 13.5. The molecule has 2 aromatic heterocycles. The van der Waals surface area contributed by atoms with E-state index < -0.39 is 12.2 Å². The third kappa shape index (κ3) is 2.57. The van der Waals surface area contributed by atoms with Crippen LogP contribution in [0.5, 0.6) is 0 Å². The first kappa shape index (κ1) is 17.7. The lowest BCUT2D eigenvalue weighted by molar-refractivity contribution is -0.0128. The largest absolute Gasteiger partial charge is 0.390 e. The van der Waals surface area contributed by atoms with E-state index in [0.29, 0.717) is 5.82 Å². The predicted octanol–water partition coefficient (Wildman–Crippen LogP) is 3.03. The Bertz CT molecular complexity index is 1070. The summed E-state index contributed by atoms with van der Waals surface area (Å²) in [4.78, 5) is 9.52. The molecule has 0 aliphatic heterocycles. The molecule has 2 fully saturated rings. The number of aliphatic imine (C=N–C) groups is 1. The maximum absolute atomic E-state index is 10.8. The lowest BCUT2D eigenvalue weighted by atomic mass is 10.0. The van der Waals surface area contributed by atoms with Gasteiger partial charge in [0.25, 0.3) is 0 Å². The van der Waals surface area contributed by atoms with Gasteiger partial charge in [0.2, 0.25) is 0 Å². The van der Waals surface area contributed by atoms with E-state index in [4.69, 9.17) is 5.73 Å². The summed E-state index contributed by atoms with van der Waals surface area (Å²) in [6, 6.07) is 13.5. The lowest BCUT2D eigenvalue weighted by Gasteiger charge is -2.24. The van der Waals surface area contributed by atoms with Gasteiger partial charge in [-0.2, -0.15) is 0 Å². The molecule has 5 atom stereocenters. The zero-order valence-corrected chi connectivity index (χ0v) is 16.1. The van der Waals surface area contributed by atoms with Gasteiger partial charge < -0.3 is 20.5 Å². The topological polar surface area (TPSA) is 96.7 Å². The smallest absolute Gasteiger partial charge is 0.132 e. The molecule has 1 aromatic carbocycles. The number of nitrogens with zero attached hydrogens (tertiary/aromatic N) is 3. The van der Waals surface area contributed by atoms with Gasteiger partial charge >= 0.3 is 0 Å². The van der Waals surface area contributed by atoms with Crippen LogP contribution in [0.25, 0.3) is 10.9 Å². The fourth-order valence-electron chi connectivity index (χ4n) is 4.72. The van der Waals surface area contributed by atoms with Gasteiger partial charge in [0.15, 0.2) is 0 Å². The molecular weight excluding hydrogens is 372 g/mol. The van der Waals surface area contributed by atoms with Crippen LogP contribution in [0.3, 0.4) is 0 Å². The van der Waals surface area contributed by atoms with Crippen molar-refractivity contribution in [1.82, 2.24) is 9.55 Å². The van der Waals surface area contributed by atoms with Crippen LogP contribution in [0.15, 0.2) is 58.5 Å². The quantitative estimate of drug-likeness (QED) is 0.457. The number of hydrogen-bond donors (Lipinski definition) is 3. The third-order valence-electron chi connectivity index (χ3n) is 6.29. The fourth-order valence-corrected chi connectivity index (χ4v) is 6.01. The van der Waals surface area contributed by atoms with E-state index in [9.17, 15) is 10.2 Å². The molecule has 2 saturated carbocycles. The zero-order valence-electron chi connectivity index (χ0n) is 15.3. The maximum Gasteiger partial charge on any atom is 0.132 e. The van der Waals surface area contributed by atoms with Crippen molar-refractivity contribution < 1.29 is 10.2 Å². The van der Waals surface area contributed by atoms with E-state index in [2.05, 4.69) is 22.8 Å². The van der Waals surface area contributed by atoms with Crippen LogP contribution in [0.2, 0.25) is 0 Å². The summed E-state index contributed by atoms with van der Waals surface area (Å²) < 4.78 is 1.95. The van der Waals surface area contributed by atoms with Gasteiger partial charge in [0.05, 0.1) is 17.7 Å². The van der Waals surface area contributed by atoms with Crippen LogP contribution < -0.4 is 5.73 Å². The molecule has 1 unspecified atom stereocenters. The Morgan fingerprint density at radius 1 is 1.29 bits per heavy atom. The van der Waals surface area contributed by atoms with Crippen molar-refractivity contribution >= 4 is 41.0 Å². The van der Waals surface area contributed by atoms with E-state index in [1.54, 1.807) is 17.8 Å².